The molecule has 1 aromatic carbocycles. The molecule has 1 fully saturated rings. The Morgan fingerprint density at radius 2 is 2.42 bits per heavy atom. The first kappa shape index (κ1) is 14.0. The number of rotatable bonds is 6. The fraction of sp³-hybridized carbons (Fsp3) is 0.500. The second-order valence-corrected chi connectivity index (χ2v) is 4.86. The molecule has 2 rings (SSSR count). The molecule has 1 unspecified atom stereocenters. The molecule has 0 spiro atoms. The predicted molar refractivity (Wildman–Crippen MR) is 71.8 cm³/mol. The van der Waals surface area contributed by atoms with Gasteiger partial charge in [0, 0.05) is 38.8 Å². The molecule has 0 saturated carbocycles. The average Bonchev–Trinajstić information content (AvgIpc) is 2.88. The predicted octanol–water partition coefficient (Wildman–Crippen LogP) is 0.681. The number of nitrogens with one attached hydrogen (secondary N) is 1. The molecule has 0 bridgehead atoms. The van der Waals surface area contributed by atoms with Crippen LogP contribution in [0.5, 0.6) is 0 Å². The van der Waals surface area contributed by atoms with Crippen molar-refractivity contribution >= 4 is 5.91 Å². The Bertz CT molecular complexity index is 442. The second-order valence-electron chi connectivity index (χ2n) is 4.86. The van der Waals surface area contributed by atoms with E-state index in [1.165, 1.54) is 0 Å². The van der Waals surface area contributed by atoms with Crippen molar-refractivity contribution in [1.82, 2.24) is 5.32 Å². The first-order valence-electron chi connectivity index (χ1n) is 6.38. The summed E-state index contributed by atoms with van der Waals surface area (Å²) in [6, 6.07) is 7.32. The van der Waals surface area contributed by atoms with Crippen LogP contribution in [-0.4, -0.2) is 38.4 Å². The van der Waals surface area contributed by atoms with Crippen molar-refractivity contribution in [2.24, 2.45) is 5.73 Å². The van der Waals surface area contributed by atoms with Crippen LogP contribution in [0.25, 0.3) is 0 Å². The van der Waals surface area contributed by atoms with Crippen LogP contribution in [0.2, 0.25) is 0 Å². The van der Waals surface area contributed by atoms with Crippen LogP contribution in [0.1, 0.15) is 22.3 Å². The van der Waals surface area contributed by atoms with Gasteiger partial charge in [-0.25, -0.2) is 0 Å². The molecule has 1 atom stereocenters. The molecule has 0 radical (unpaired) electrons. The third-order valence-electron chi connectivity index (χ3n) is 3.49. The van der Waals surface area contributed by atoms with Crippen LogP contribution in [-0.2, 0) is 16.0 Å². The second kappa shape index (κ2) is 6.14. The van der Waals surface area contributed by atoms with Gasteiger partial charge in [0.15, 0.2) is 0 Å². The number of primary amides is 1. The third kappa shape index (κ3) is 3.53. The summed E-state index contributed by atoms with van der Waals surface area (Å²) in [6.45, 7) is 2.76. The van der Waals surface area contributed by atoms with Crippen molar-refractivity contribution in [3.63, 3.8) is 0 Å². The van der Waals surface area contributed by atoms with Gasteiger partial charge in [0.2, 0.25) is 5.91 Å². The Kier molecular flexibility index (Phi) is 4.52. The number of hydrogen-bond acceptors (Lipinski definition) is 4. The van der Waals surface area contributed by atoms with Gasteiger partial charge >= 0.3 is 0 Å². The standard InChI is InChI=1S/C14H20N2O3/c1-18-14(5-6-19-10-14)9-16-8-11-3-2-4-12(7-11)13(15)17/h2-4,7,16H,5-6,8-10H2,1H3,(H2,15,17). The van der Waals surface area contributed by atoms with Crippen LogP contribution in [0.4, 0.5) is 0 Å². The van der Waals surface area contributed by atoms with Gasteiger partial charge < -0.3 is 20.5 Å². The highest BCUT2D eigenvalue weighted by Crippen LogP contribution is 2.21. The van der Waals surface area contributed by atoms with Gasteiger partial charge in [-0.15, -0.1) is 0 Å². The molecule has 1 aliphatic rings. The van der Waals surface area contributed by atoms with Gasteiger partial charge in [0.1, 0.15) is 5.60 Å². The number of methoxy groups -OCH3 is 1. The van der Waals surface area contributed by atoms with Gasteiger partial charge in [-0.2, -0.15) is 0 Å². The lowest BCUT2D eigenvalue weighted by molar-refractivity contribution is -0.0159. The maximum absolute atomic E-state index is 11.1. The molecular weight excluding hydrogens is 244 g/mol. The Balaban J connectivity index is 1.88. The summed E-state index contributed by atoms with van der Waals surface area (Å²) >= 11 is 0. The normalized spacial score (nSPS) is 22.6. The highest BCUT2D eigenvalue weighted by molar-refractivity contribution is 5.92. The van der Waals surface area contributed by atoms with Gasteiger partial charge in [-0.05, 0) is 17.7 Å². The zero-order valence-electron chi connectivity index (χ0n) is 11.1. The minimum atomic E-state index is -0.403. The molecule has 0 aliphatic carbocycles. The van der Waals surface area contributed by atoms with Crippen molar-refractivity contribution in [2.45, 2.75) is 18.6 Å². The lowest BCUT2D eigenvalue weighted by atomic mass is 10.0. The van der Waals surface area contributed by atoms with E-state index >= 15 is 0 Å². The molecule has 1 aromatic rings. The maximum atomic E-state index is 11.1. The summed E-state index contributed by atoms with van der Waals surface area (Å²) in [4.78, 5) is 11.1. The van der Waals surface area contributed by atoms with E-state index in [-0.39, 0.29) is 5.60 Å². The average molecular weight is 264 g/mol. The summed E-state index contributed by atoms with van der Waals surface area (Å²) in [5.41, 5.74) is 6.60. The first-order valence-corrected chi connectivity index (χ1v) is 6.38. The summed E-state index contributed by atoms with van der Waals surface area (Å²) in [5, 5.41) is 3.34. The van der Waals surface area contributed by atoms with E-state index in [0.29, 0.717) is 18.7 Å². The highest BCUT2D eigenvalue weighted by Gasteiger charge is 2.34. The van der Waals surface area contributed by atoms with E-state index in [4.69, 9.17) is 15.2 Å². The van der Waals surface area contributed by atoms with Crippen LogP contribution in [0, 0.1) is 0 Å². The Morgan fingerprint density at radius 1 is 1.58 bits per heavy atom. The number of ether oxygens (including phenoxy) is 2. The lowest BCUT2D eigenvalue weighted by Crippen LogP contribution is -2.42. The highest BCUT2D eigenvalue weighted by atomic mass is 16.5. The molecule has 0 aromatic heterocycles. The third-order valence-corrected chi connectivity index (χ3v) is 3.49. The van der Waals surface area contributed by atoms with Gasteiger partial charge in [-0.1, -0.05) is 12.1 Å². The number of carbonyl (C=O) groups excluding carboxylic acids is 1. The van der Waals surface area contributed by atoms with E-state index in [1.807, 2.05) is 12.1 Å². The van der Waals surface area contributed by atoms with Crippen molar-refractivity contribution in [2.75, 3.05) is 26.9 Å². The molecule has 19 heavy (non-hydrogen) atoms. The Morgan fingerprint density at radius 3 is 3.05 bits per heavy atom. The molecule has 1 aliphatic heterocycles. The Hall–Kier alpha value is -1.43. The van der Waals surface area contributed by atoms with E-state index in [9.17, 15) is 4.79 Å². The zero-order chi connectivity index (χ0) is 13.7. The topological polar surface area (TPSA) is 73.6 Å². The fourth-order valence-electron chi connectivity index (χ4n) is 2.23. The number of benzene rings is 1. The fourth-order valence-corrected chi connectivity index (χ4v) is 2.23. The summed E-state index contributed by atoms with van der Waals surface area (Å²) in [5.74, 6) is -0.403. The molecule has 104 valence electrons. The smallest absolute Gasteiger partial charge is 0.248 e. The largest absolute Gasteiger partial charge is 0.378 e. The van der Waals surface area contributed by atoms with E-state index in [1.54, 1.807) is 19.2 Å². The van der Waals surface area contributed by atoms with E-state index < -0.39 is 5.91 Å². The molecule has 1 heterocycles. The SMILES string of the molecule is COC1(CNCc2cccc(C(N)=O)c2)CCOC1. The van der Waals surface area contributed by atoms with Crippen LogP contribution >= 0.6 is 0 Å². The molecule has 3 N–H and O–H groups in total. The van der Waals surface area contributed by atoms with Crippen molar-refractivity contribution < 1.29 is 14.3 Å². The van der Waals surface area contributed by atoms with E-state index in [0.717, 1.165) is 25.1 Å². The number of hydrogen-bond donors (Lipinski definition) is 2. The van der Waals surface area contributed by atoms with Crippen LogP contribution in [0.15, 0.2) is 24.3 Å². The minimum absolute atomic E-state index is 0.221. The van der Waals surface area contributed by atoms with Gasteiger partial charge in [0.05, 0.1) is 6.61 Å². The van der Waals surface area contributed by atoms with Crippen LogP contribution < -0.4 is 11.1 Å². The zero-order valence-corrected chi connectivity index (χ0v) is 11.1. The van der Waals surface area contributed by atoms with Gasteiger partial charge in [0.25, 0.3) is 0 Å². The summed E-state index contributed by atoms with van der Waals surface area (Å²) in [7, 11) is 1.71. The van der Waals surface area contributed by atoms with Crippen molar-refractivity contribution in [3.05, 3.63) is 35.4 Å². The van der Waals surface area contributed by atoms with Crippen molar-refractivity contribution in [1.29, 1.82) is 0 Å². The molecule has 1 amide bonds. The number of amides is 1. The van der Waals surface area contributed by atoms with E-state index in [2.05, 4.69) is 5.32 Å². The first-order chi connectivity index (χ1) is 9.15. The van der Waals surface area contributed by atoms with Crippen molar-refractivity contribution in [3.8, 4) is 0 Å². The summed E-state index contributed by atoms with van der Waals surface area (Å²) in [6.07, 6.45) is 0.901. The summed E-state index contributed by atoms with van der Waals surface area (Å²) < 4.78 is 10.9. The van der Waals surface area contributed by atoms with Gasteiger partial charge in [-0.3, -0.25) is 4.79 Å². The quantitative estimate of drug-likeness (QED) is 0.792. The van der Waals surface area contributed by atoms with Crippen LogP contribution in [0.3, 0.4) is 0 Å². The molecule has 5 heteroatoms. The monoisotopic (exact) mass is 264 g/mol. The lowest BCUT2D eigenvalue weighted by Gasteiger charge is -2.26. The number of nitrogens with two attached hydrogens (primary N) is 1. The minimum Gasteiger partial charge on any atom is -0.378 e. The molecular formula is C14H20N2O3. The molecule has 5 nitrogen and oxygen atoms in total. The maximum Gasteiger partial charge on any atom is 0.248 e. The Labute approximate surface area is 113 Å². The molecule has 1 saturated heterocycles. The number of carbonyl (C=O) groups is 1.